The summed E-state index contributed by atoms with van der Waals surface area (Å²) in [6, 6.07) is 1.97. The molecule has 0 bridgehead atoms. The zero-order valence-corrected chi connectivity index (χ0v) is 10.0. The first-order valence-electron chi connectivity index (χ1n) is 4.55. The second-order valence-corrected chi connectivity index (χ2v) is 2.69. The maximum absolute atomic E-state index is 4.18. The van der Waals surface area contributed by atoms with Crippen LogP contribution in [0.3, 0.4) is 0 Å². The molecule has 78 valence electrons. The summed E-state index contributed by atoms with van der Waals surface area (Å²) < 4.78 is 0. The van der Waals surface area contributed by atoms with Crippen molar-refractivity contribution in [1.29, 1.82) is 0 Å². The molecule has 14 heavy (non-hydrogen) atoms. The first-order valence-corrected chi connectivity index (χ1v) is 4.55. The molecule has 2 aromatic heterocycles. The van der Waals surface area contributed by atoms with Crippen molar-refractivity contribution in [2.45, 2.75) is 27.7 Å². The highest BCUT2D eigenvalue weighted by Crippen LogP contribution is 2.13. The van der Waals surface area contributed by atoms with Gasteiger partial charge in [-0.05, 0) is 19.9 Å². The van der Waals surface area contributed by atoms with Gasteiger partial charge in [-0.1, -0.05) is 13.8 Å². The molecule has 0 fully saturated rings. The van der Waals surface area contributed by atoms with Crippen molar-refractivity contribution in [3.8, 4) is 0 Å². The van der Waals surface area contributed by atoms with Crippen LogP contribution in [0.4, 0.5) is 0 Å². The van der Waals surface area contributed by atoms with Crippen LogP contribution in [0, 0.1) is 13.8 Å². The Morgan fingerprint density at radius 1 is 1.21 bits per heavy atom. The van der Waals surface area contributed by atoms with Gasteiger partial charge in [-0.3, -0.25) is 10.1 Å². The lowest BCUT2D eigenvalue weighted by Gasteiger charge is -1.89. The number of rotatable bonds is 0. The van der Waals surface area contributed by atoms with E-state index in [0.717, 1.165) is 22.3 Å². The maximum atomic E-state index is 4.18. The van der Waals surface area contributed by atoms with Gasteiger partial charge in [0.1, 0.15) is 0 Å². The highest BCUT2D eigenvalue weighted by Gasteiger charge is 1.99. The zero-order chi connectivity index (χ0) is 9.84. The van der Waals surface area contributed by atoms with Crippen LogP contribution in [0.1, 0.15) is 25.2 Å². The number of hydrogen-bond donors (Lipinski definition) is 1. The minimum absolute atomic E-state index is 0. The lowest BCUT2D eigenvalue weighted by Crippen LogP contribution is -1.78. The van der Waals surface area contributed by atoms with Crippen molar-refractivity contribution in [3.05, 3.63) is 23.7 Å². The molecule has 0 aliphatic carbocycles. The molecule has 2 rings (SSSR count). The van der Waals surface area contributed by atoms with E-state index in [2.05, 4.69) is 15.2 Å². The van der Waals surface area contributed by atoms with E-state index in [0.29, 0.717) is 0 Å². The van der Waals surface area contributed by atoms with E-state index in [9.17, 15) is 0 Å². The van der Waals surface area contributed by atoms with E-state index < -0.39 is 0 Å². The Bertz CT molecular complexity index is 395. The fourth-order valence-electron chi connectivity index (χ4n) is 1.13. The van der Waals surface area contributed by atoms with Gasteiger partial charge in [-0.2, -0.15) is 18.6 Å². The molecule has 0 spiro atoms. The number of H-pyrrole nitrogens is 1. The van der Waals surface area contributed by atoms with Gasteiger partial charge in [0.2, 0.25) is 0 Å². The number of aromatic nitrogens is 3. The summed E-state index contributed by atoms with van der Waals surface area (Å²) in [4.78, 5) is 4.18. The molecule has 2 heterocycles. The Labute approximate surface area is 91.4 Å². The standard InChI is InChI=1S/C8H9N3.C2H6.H2S/c1-5-3-8-7(4-9-5)6(2)10-11-8;1-2;/h3-4H,1-2H3,(H,10,11);1-2H3;1H2. The van der Waals surface area contributed by atoms with Gasteiger partial charge in [0.25, 0.3) is 0 Å². The molecule has 1 N–H and O–H groups in total. The fourth-order valence-corrected chi connectivity index (χ4v) is 1.13. The van der Waals surface area contributed by atoms with Gasteiger partial charge < -0.3 is 0 Å². The predicted octanol–water partition coefficient (Wildman–Crippen LogP) is 2.71. The largest absolute Gasteiger partial charge is 0.282 e. The third-order valence-electron chi connectivity index (χ3n) is 1.77. The van der Waals surface area contributed by atoms with E-state index in [1.165, 1.54) is 0 Å². The van der Waals surface area contributed by atoms with Crippen LogP contribution >= 0.6 is 13.5 Å². The highest BCUT2D eigenvalue weighted by atomic mass is 32.1. The zero-order valence-electron chi connectivity index (χ0n) is 9.05. The number of aryl methyl sites for hydroxylation is 2. The minimum Gasteiger partial charge on any atom is -0.282 e. The first-order chi connectivity index (χ1) is 6.27. The van der Waals surface area contributed by atoms with Gasteiger partial charge >= 0.3 is 0 Å². The van der Waals surface area contributed by atoms with E-state index in [-0.39, 0.29) is 13.5 Å². The van der Waals surface area contributed by atoms with E-state index in [1.807, 2.05) is 40.0 Å². The topological polar surface area (TPSA) is 41.6 Å². The highest BCUT2D eigenvalue weighted by molar-refractivity contribution is 7.59. The summed E-state index contributed by atoms with van der Waals surface area (Å²) in [5, 5.41) is 8.13. The molecule has 0 unspecified atom stereocenters. The van der Waals surface area contributed by atoms with Crippen LogP contribution in [0.2, 0.25) is 0 Å². The molecule has 2 aromatic rings. The van der Waals surface area contributed by atoms with Crippen LogP contribution in [-0.4, -0.2) is 15.2 Å². The molecular weight excluding hydrogens is 194 g/mol. The van der Waals surface area contributed by atoms with Crippen molar-refractivity contribution in [3.63, 3.8) is 0 Å². The van der Waals surface area contributed by atoms with Gasteiger partial charge in [0.15, 0.2) is 0 Å². The smallest absolute Gasteiger partial charge is 0.0957 e. The van der Waals surface area contributed by atoms with Gasteiger partial charge in [0.05, 0.1) is 5.52 Å². The van der Waals surface area contributed by atoms with Crippen molar-refractivity contribution in [2.24, 2.45) is 0 Å². The molecule has 0 amide bonds. The number of fused-ring (bicyclic) bond motifs is 1. The Kier molecular flexibility index (Phi) is 5.23. The molecule has 0 radical (unpaired) electrons. The molecular formula is C10H17N3S. The van der Waals surface area contributed by atoms with Crippen LogP contribution in [0.15, 0.2) is 12.3 Å². The van der Waals surface area contributed by atoms with Crippen LogP contribution in [-0.2, 0) is 0 Å². The third kappa shape index (κ3) is 2.48. The summed E-state index contributed by atoms with van der Waals surface area (Å²) in [7, 11) is 0. The number of hydrogen-bond acceptors (Lipinski definition) is 2. The Hall–Kier alpha value is -1.03. The number of aromatic amines is 1. The minimum atomic E-state index is 0. The summed E-state index contributed by atoms with van der Waals surface area (Å²) in [6.45, 7) is 7.95. The van der Waals surface area contributed by atoms with Crippen LogP contribution in [0.25, 0.3) is 10.9 Å². The van der Waals surface area contributed by atoms with Crippen molar-refractivity contribution < 1.29 is 0 Å². The number of nitrogens with one attached hydrogen (secondary N) is 1. The van der Waals surface area contributed by atoms with Gasteiger partial charge in [0, 0.05) is 23.0 Å². The van der Waals surface area contributed by atoms with E-state index >= 15 is 0 Å². The predicted molar refractivity (Wildman–Crippen MR) is 65.1 cm³/mol. The van der Waals surface area contributed by atoms with Crippen molar-refractivity contribution >= 4 is 24.4 Å². The summed E-state index contributed by atoms with van der Waals surface area (Å²) in [5.41, 5.74) is 3.08. The first kappa shape index (κ1) is 13.0. The van der Waals surface area contributed by atoms with Crippen LogP contribution < -0.4 is 0 Å². The van der Waals surface area contributed by atoms with Gasteiger partial charge in [-0.25, -0.2) is 0 Å². The Balaban J connectivity index is 0.000000531. The number of pyridine rings is 1. The quantitative estimate of drug-likeness (QED) is 0.728. The second-order valence-electron chi connectivity index (χ2n) is 2.69. The molecule has 0 atom stereocenters. The molecule has 3 nitrogen and oxygen atoms in total. The molecule has 0 saturated heterocycles. The Morgan fingerprint density at radius 3 is 2.50 bits per heavy atom. The van der Waals surface area contributed by atoms with Gasteiger partial charge in [-0.15, -0.1) is 0 Å². The number of nitrogens with zero attached hydrogens (tertiary/aromatic N) is 2. The molecule has 4 heteroatoms. The van der Waals surface area contributed by atoms with Crippen LogP contribution in [0.5, 0.6) is 0 Å². The normalized spacial score (nSPS) is 8.86. The molecule has 0 aliphatic heterocycles. The van der Waals surface area contributed by atoms with E-state index in [4.69, 9.17) is 0 Å². The molecule has 0 aromatic carbocycles. The average molecular weight is 211 g/mol. The average Bonchev–Trinajstić information content (AvgIpc) is 2.51. The van der Waals surface area contributed by atoms with E-state index in [1.54, 1.807) is 0 Å². The van der Waals surface area contributed by atoms with Crippen molar-refractivity contribution in [1.82, 2.24) is 15.2 Å². The maximum Gasteiger partial charge on any atom is 0.0957 e. The Morgan fingerprint density at radius 2 is 1.86 bits per heavy atom. The molecule has 0 saturated carbocycles. The van der Waals surface area contributed by atoms with Crippen molar-refractivity contribution in [2.75, 3.05) is 0 Å². The third-order valence-corrected chi connectivity index (χ3v) is 1.77. The lowest BCUT2D eigenvalue weighted by atomic mass is 10.2. The lowest BCUT2D eigenvalue weighted by molar-refractivity contribution is 1.07. The summed E-state index contributed by atoms with van der Waals surface area (Å²) in [6.07, 6.45) is 1.85. The summed E-state index contributed by atoms with van der Waals surface area (Å²) >= 11 is 0. The fraction of sp³-hybridized carbons (Fsp3) is 0.400. The molecule has 0 aliphatic rings. The summed E-state index contributed by atoms with van der Waals surface area (Å²) in [5.74, 6) is 0. The SMILES string of the molecule is CC.Cc1cc2n[nH]c(C)c2cn1.S. The second kappa shape index (κ2) is 5.65. The monoisotopic (exact) mass is 211 g/mol.